The first-order valence-corrected chi connectivity index (χ1v) is 5.20. The normalized spacial score (nSPS) is 14.7. The number of hydrogen-bond acceptors (Lipinski definition) is 3. The summed E-state index contributed by atoms with van der Waals surface area (Å²) >= 11 is 0. The zero-order chi connectivity index (χ0) is 11.3. The van der Waals surface area contributed by atoms with Crippen LogP contribution in [0.2, 0.25) is 0 Å². The van der Waals surface area contributed by atoms with Gasteiger partial charge in [-0.1, -0.05) is 12.1 Å². The fraction of sp³-hybridized carbons (Fsp3) is 0.500. The summed E-state index contributed by atoms with van der Waals surface area (Å²) in [6.45, 7) is 4.57. The molecule has 0 aliphatic heterocycles. The summed E-state index contributed by atoms with van der Waals surface area (Å²) in [6.07, 6.45) is -0.0647. The first-order valence-electron chi connectivity index (χ1n) is 5.20. The summed E-state index contributed by atoms with van der Waals surface area (Å²) in [5.74, 6) is 0.831. The van der Waals surface area contributed by atoms with Crippen LogP contribution in [0.25, 0.3) is 0 Å². The first kappa shape index (κ1) is 12.0. The topological polar surface area (TPSA) is 44.5 Å². The zero-order valence-electron chi connectivity index (χ0n) is 9.57. The number of ether oxygens (including phenoxy) is 2. The molecule has 0 fully saturated rings. The molecule has 2 N–H and O–H groups in total. The maximum Gasteiger partial charge on any atom is 0.119 e. The van der Waals surface area contributed by atoms with Crippen molar-refractivity contribution in [3.63, 3.8) is 0 Å². The van der Waals surface area contributed by atoms with Crippen LogP contribution < -0.4 is 10.5 Å². The third-order valence-electron chi connectivity index (χ3n) is 2.25. The van der Waals surface area contributed by atoms with Crippen molar-refractivity contribution in [1.82, 2.24) is 0 Å². The molecule has 3 nitrogen and oxygen atoms in total. The maximum absolute atomic E-state index is 5.88. The number of hydrogen-bond donors (Lipinski definition) is 1. The van der Waals surface area contributed by atoms with Crippen LogP contribution in [0.4, 0.5) is 0 Å². The van der Waals surface area contributed by atoms with Crippen LogP contribution in [0.15, 0.2) is 24.3 Å². The van der Waals surface area contributed by atoms with E-state index >= 15 is 0 Å². The van der Waals surface area contributed by atoms with Crippen LogP contribution in [-0.2, 0) is 4.74 Å². The molecular formula is C12H19NO2. The Bertz CT molecular complexity index is 299. The Kier molecular flexibility index (Phi) is 4.59. The second-order valence-electron chi connectivity index (χ2n) is 3.51. The summed E-state index contributed by atoms with van der Waals surface area (Å²) in [7, 11) is 1.65. The zero-order valence-corrected chi connectivity index (χ0v) is 9.57. The van der Waals surface area contributed by atoms with Gasteiger partial charge in [0.1, 0.15) is 5.75 Å². The Morgan fingerprint density at radius 1 is 1.40 bits per heavy atom. The van der Waals surface area contributed by atoms with E-state index in [1.165, 1.54) is 0 Å². The molecule has 0 spiro atoms. The lowest BCUT2D eigenvalue weighted by Gasteiger charge is -2.21. The monoisotopic (exact) mass is 209 g/mol. The van der Waals surface area contributed by atoms with Crippen molar-refractivity contribution in [2.75, 3.05) is 13.7 Å². The average molecular weight is 209 g/mol. The highest BCUT2D eigenvalue weighted by atomic mass is 16.5. The van der Waals surface area contributed by atoms with E-state index in [0.29, 0.717) is 6.61 Å². The molecule has 0 heterocycles. The highest BCUT2D eigenvalue weighted by Crippen LogP contribution is 2.23. The second-order valence-corrected chi connectivity index (χ2v) is 3.51. The quantitative estimate of drug-likeness (QED) is 0.807. The highest BCUT2D eigenvalue weighted by molar-refractivity contribution is 5.30. The smallest absolute Gasteiger partial charge is 0.119 e. The van der Waals surface area contributed by atoms with Crippen molar-refractivity contribution in [2.24, 2.45) is 5.73 Å². The molecule has 0 aliphatic rings. The molecule has 3 heteroatoms. The lowest BCUT2D eigenvalue weighted by molar-refractivity contribution is 0.0474. The van der Waals surface area contributed by atoms with Gasteiger partial charge in [0.15, 0.2) is 0 Å². The predicted molar refractivity (Wildman–Crippen MR) is 61.0 cm³/mol. The van der Waals surface area contributed by atoms with E-state index in [-0.39, 0.29) is 12.1 Å². The first-order chi connectivity index (χ1) is 7.19. The number of nitrogens with two attached hydrogens (primary N) is 1. The summed E-state index contributed by atoms with van der Waals surface area (Å²) in [4.78, 5) is 0. The molecule has 2 atom stereocenters. The third-order valence-corrected chi connectivity index (χ3v) is 2.25. The van der Waals surface area contributed by atoms with Gasteiger partial charge in [-0.05, 0) is 31.5 Å². The standard InChI is InChI=1S/C12H19NO2/c1-4-15-12(9(2)13)10-6-5-7-11(8-10)14-3/h5-9,12H,4,13H2,1-3H3. The van der Waals surface area contributed by atoms with Crippen LogP contribution in [0.3, 0.4) is 0 Å². The average Bonchev–Trinajstić information content (AvgIpc) is 2.25. The van der Waals surface area contributed by atoms with E-state index in [0.717, 1.165) is 11.3 Å². The Labute approximate surface area is 91.2 Å². The van der Waals surface area contributed by atoms with Crippen LogP contribution in [0.5, 0.6) is 5.75 Å². The van der Waals surface area contributed by atoms with Gasteiger partial charge in [-0.15, -0.1) is 0 Å². The van der Waals surface area contributed by atoms with Gasteiger partial charge in [-0.2, -0.15) is 0 Å². The van der Waals surface area contributed by atoms with Crippen LogP contribution in [-0.4, -0.2) is 19.8 Å². The molecular weight excluding hydrogens is 190 g/mol. The minimum atomic E-state index is -0.0647. The Morgan fingerprint density at radius 2 is 2.13 bits per heavy atom. The SMILES string of the molecule is CCOC(c1cccc(OC)c1)C(C)N. The van der Waals surface area contributed by atoms with Crippen LogP contribution in [0, 0.1) is 0 Å². The third kappa shape index (κ3) is 3.22. The molecule has 0 bridgehead atoms. The molecule has 1 aromatic carbocycles. The van der Waals surface area contributed by atoms with Crippen LogP contribution >= 0.6 is 0 Å². The van der Waals surface area contributed by atoms with Gasteiger partial charge < -0.3 is 15.2 Å². The lowest BCUT2D eigenvalue weighted by Crippen LogP contribution is -2.27. The lowest BCUT2D eigenvalue weighted by atomic mass is 10.0. The van der Waals surface area contributed by atoms with Gasteiger partial charge in [0.2, 0.25) is 0 Å². The van der Waals surface area contributed by atoms with Crippen molar-refractivity contribution < 1.29 is 9.47 Å². The Balaban J connectivity index is 2.89. The molecule has 15 heavy (non-hydrogen) atoms. The van der Waals surface area contributed by atoms with Gasteiger partial charge in [0, 0.05) is 12.6 Å². The van der Waals surface area contributed by atoms with E-state index in [1.807, 2.05) is 38.1 Å². The summed E-state index contributed by atoms with van der Waals surface area (Å²) in [5, 5.41) is 0. The van der Waals surface area contributed by atoms with Crippen molar-refractivity contribution >= 4 is 0 Å². The minimum Gasteiger partial charge on any atom is -0.497 e. The van der Waals surface area contributed by atoms with Gasteiger partial charge in [0.25, 0.3) is 0 Å². The molecule has 0 saturated heterocycles. The minimum absolute atomic E-state index is 0.0305. The van der Waals surface area contributed by atoms with Crippen LogP contribution in [0.1, 0.15) is 25.5 Å². The van der Waals surface area contributed by atoms with E-state index in [9.17, 15) is 0 Å². The molecule has 2 unspecified atom stereocenters. The van der Waals surface area contributed by atoms with Gasteiger partial charge in [-0.3, -0.25) is 0 Å². The van der Waals surface area contributed by atoms with Crippen molar-refractivity contribution in [3.8, 4) is 5.75 Å². The molecule has 0 aromatic heterocycles. The molecule has 0 radical (unpaired) electrons. The largest absolute Gasteiger partial charge is 0.497 e. The number of rotatable bonds is 5. The van der Waals surface area contributed by atoms with Crippen molar-refractivity contribution in [3.05, 3.63) is 29.8 Å². The van der Waals surface area contributed by atoms with Gasteiger partial charge >= 0.3 is 0 Å². The molecule has 1 rings (SSSR count). The van der Waals surface area contributed by atoms with E-state index in [4.69, 9.17) is 15.2 Å². The molecule has 0 saturated carbocycles. The Hall–Kier alpha value is -1.06. The van der Waals surface area contributed by atoms with Crippen molar-refractivity contribution in [2.45, 2.75) is 26.0 Å². The fourth-order valence-corrected chi connectivity index (χ4v) is 1.55. The van der Waals surface area contributed by atoms with Gasteiger partial charge in [0.05, 0.1) is 13.2 Å². The fourth-order valence-electron chi connectivity index (χ4n) is 1.55. The highest BCUT2D eigenvalue weighted by Gasteiger charge is 2.16. The molecule has 0 amide bonds. The van der Waals surface area contributed by atoms with Crippen molar-refractivity contribution in [1.29, 1.82) is 0 Å². The molecule has 1 aromatic rings. The van der Waals surface area contributed by atoms with E-state index in [2.05, 4.69) is 0 Å². The predicted octanol–water partition coefficient (Wildman–Crippen LogP) is 2.12. The van der Waals surface area contributed by atoms with Gasteiger partial charge in [-0.25, -0.2) is 0 Å². The summed E-state index contributed by atoms with van der Waals surface area (Å²) < 4.78 is 10.8. The summed E-state index contributed by atoms with van der Waals surface area (Å²) in [6, 6.07) is 7.80. The van der Waals surface area contributed by atoms with E-state index in [1.54, 1.807) is 7.11 Å². The molecule has 84 valence electrons. The summed E-state index contributed by atoms with van der Waals surface area (Å²) in [5.41, 5.74) is 6.94. The maximum atomic E-state index is 5.88. The number of benzene rings is 1. The Morgan fingerprint density at radius 3 is 2.67 bits per heavy atom. The number of methoxy groups -OCH3 is 1. The molecule has 0 aliphatic carbocycles. The van der Waals surface area contributed by atoms with E-state index < -0.39 is 0 Å². The second kappa shape index (κ2) is 5.73.